The minimum atomic E-state index is 0. The van der Waals surface area contributed by atoms with E-state index in [1.165, 1.54) is 11.1 Å². The van der Waals surface area contributed by atoms with E-state index < -0.39 is 0 Å². The maximum Gasteiger partial charge on any atom is 0.222 e. The summed E-state index contributed by atoms with van der Waals surface area (Å²) >= 11 is 0. The van der Waals surface area contributed by atoms with Gasteiger partial charge in [-0.1, -0.05) is 42.5 Å². The predicted molar refractivity (Wildman–Crippen MR) is 131 cm³/mol. The quantitative estimate of drug-likeness (QED) is 0.229. The number of aliphatic imine (C=N–C) groups is 1. The van der Waals surface area contributed by atoms with Gasteiger partial charge < -0.3 is 20.3 Å². The number of likely N-dealkylation sites (tertiary alicyclic amines) is 1. The van der Waals surface area contributed by atoms with Crippen LogP contribution in [0.4, 0.5) is 0 Å². The van der Waals surface area contributed by atoms with Gasteiger partial charge in [0.05, 0.1) is 6.61 Å². The van der Waals surface area contributed by atoms with Crippen LogP contribution in [-0.4, -0.2) is 43.5 Å². The van der Waals surface area contributed by atoms with Gasteiger partial charge in [-0.15, -0.1) is 24.0 Å². The number of rotatable bonds is 9. The zero-order chi connectivity index (χ0) is 20.3. The van der Waals surface area contributed by atoms with Crippen LogP contribution in [-0.2, 0) is 17.9 Å². The lowest BCUT2D eigenvalue weighted by Gasteiger charge is -2.16. The molecule has 30 heavy (non-hydrogen) atoms. The van der Waals surface area contributed by atoms with Crippen molar-refractivity contribution in [1.29, 1.82) is 0 Å². The molecule has 0 bridgehead atoms. The number of nitrogens with zero attached hydrogens (tertiary/aromatic N) is 2. The lowest BCUT2D eigenvalue weighted by molar-refractivity contribution is -0.128. The average Bonchev–Trinajstić information content (AvgIpc) is 3.15. The number of amides is 1. The van der Waals surface area contributed by atoms with Crippen molar-refractivity contribution >= 4 is 35.8 Å². The molecule has 1 amide bonds. The van der Waals surface area contributed by atoms with Crippen LogP contribution in [0, 0.1) is 0 Å². The minimum Gasteiger partial charge on any atom is -0.494 e. The maximum absolute atomic E-state index is 11.8. The molecule has 0 aromatic heterocycles. The van der Waals surface area contributed by atoms with Crippen LogP contribution in [0.1, 0.15) is 30.4 Å². The summed E-state index contributed by atoms with van der Waals surface area (Å²) in [6.07, 6.45) is 2.53. The second-order valence-corrected chi connectivity index (χ2v) is 7.11. The topological polar surface area (TPSA) is 66.0 Å². The molecule has 2 N–H and O–H groups in total. The number of nitrogens with one attached hydrogen (secondary N) is 2. The predicted octanol–water partition coefficient (Wildman–Crippen LogP) is 3.56. The molecule has 0 spiro atoms. The van der Waals surface area contributed by atoms with Crippen LogP contribution < -0.4 is 15.4 Å². The largest absolute Gasteiger partial charge is 0.494 e. The Kier molecular flexibility index (Phi) is 10.5. The SMILES string of the molecule is CN=C(NCCCOc1ccccc1)NCc1cccc(CN2CCCC2=O)c1.I. The van der Waals surface area contributed by atoms with Crippen molar-refractivity contribution in [3.05, 3.63) is 65.7 Å². The molecule has 1 aliphatic rings. The van der Waals surface area contributed by atoms with E-state index in [4.69, 9.17) is 4.74 Å². The molecule has 0 unspecified atom stereocenters. The van der Waals surface area contributed by atoms with Crippen molar-refractivity contribution in [3.63, 3.8) is 0 Å². The molecule has 162 valence electrons. The second-order valence-electron chi connectivity index (χ2n) is 7.11. The molecule has 0 saturated carbocycles. The van der Waals surface area contributed by atoms with Crippen LogP contribution in [0.5, 0.6) is 5.75 Å². The van der Waals surface area contributed by atoms with E-state index in [2.05, 4.69) is 33.8 Å². The summed E-state index contributed by atoms with van der Waals surface area (Å²) in [5, 5.41) is 6.65. The number of ether oxygens (including phenoxy) is 1. The van der Waals surface area contributed by atoms with E-state index in [1.54, 1.807) is 7.05 Å². The molecular weight excluding hydrogens is 491 g/mol. The minimum absolute atomic E-state index is 0. The smallest absolute Gasteiger partial charge is 0.222 e. The van der Waals surface area contributed by atoms with Gasteiger partial charge in [-0.3, -0.25) is 9.79 Å². The zero-order valence-electron chi connectivity index (χ0n) is 17.5. The van der Waals surface area contributed by atoms with Gasteiger partial charge in [0.15, 0.2) is 5.96 Å². The Morgan fingerprint density at radius 1 is 1.10 bits per heavy atom. The van der Waals surface area contributed by atoms with Crippen LogP contribution in [0.25, 0.3) is 0 Å². The van der Waals surface area contributed by atoms with Crippen molar-refractivity contribution in [3.8, 4) is 5.75 Å². The summed E-state index contributed by atoms with van der Waals surface area (Å²) in [7, 11) is 1.77. The molecule has 3 rings (SSSR count). The summed E-state index contributed by atoms with van der Waals surface area (Å²) in [6.45, 7) is 3.68. The number of guanidine groups is 1. The average molecular weight is 522 g/mol. The first-order valence-electron chi connectivity index (χ1n) is 10.2. The lowest BCUT2D eigenvalue weighted by Crippen LogP contribution is -2.37. The number of benzene rings is 2. The molecule has 6 nitrogen and oxygen atoms in total. The van der Waals surface area contributed by atoms with Crippen molar-refractivity contribution in [2.45, 2.75) is 32.4 Å². The first-order chi connectivity index (χ1) is 14.2. The van der Waals surface area contributed by atoms with E-state index >= 15 is 0 Å². The molecule has 0 atom stereocenters. The summed E-state index contributed by atoms with van der Waals surface area (Å²) in [5.41, 5.74) is 2.34. The lowest BCUT2D eigenvalue weighted by atomic mass is 10.1. The molecule has 1 saturated heterocycles. The fourth-order valence-corrected chi connectivity index (χ4v) is 3.32. The van der Waals surface area contributed by atoms with Gasteiger partial charge in [-0.05, 0) is 36.1 Å². The fraction of sp³-hybridized carbons (Fsp3) is 0.391. The molecule has 0 aliphatic carbocycles. The number of carbonyl (C=O) groups excluding carboxylic acids is 1. The Bertz CT molecular complexity index is 814. The normalized spacial score (nSPS) is 13.7. The summed E-state index contributed by atoms with van der Waals surface area (Å²) < 4.78 is 5.70. The van der Waals surface area contributed by atoms with Crippen molar-refractivity contribution in [2.75, 3.05) is 26.7 Å². The third kappa shape index (κ3) is 7.85. The van der Waals surface area contributed by atoms with Crippen LogP contribution >= 0.6 is 24.0 Å². The summed E-state index contributed by atoms with van der Waals surface area (Å²) in [6, 6.07) is 18.2. The van der Waals surface area contributed by atoms with Crippen molar-refractivity contribution < 1.29 is 9.53 Å². The third-order valence-corrected chi connectivity index (χ3v) is 4.85. The molecule has 0 radical (unpaired) electrons. The van der Waals surface area contributed by atoms with Crippen LogP contribution in [0.3, 0.4) is 0 Å². The number of hydrogen-bond acceptors (Lipinski definition) is 3. The number of halogens is 1. The van der Waals surface area contributed by atoms with Gasteiger partial charge in [-0.2, -0.15) is 0 Å². The fourth-order valence-electron chi connectivity index (χ4n) is 3.32. The first kappa shape index (κ1) is 24.0. The highest BCUT2D eigenvalue weighted by molar-refractivity contribution is 14.0. The van der Waals surface area contributed by atoms with Crippen LogP contribution in [0.2, 0.25) is 0 Å². The molecule has 2 aromatic carbocycles. The third-order valence-electron chi connectivity index (χ3n) is 4.85. The van der Waals surface area contributed by atoms with Gasteiger partial charge in [0.25, 0.3) is 0 Å². The molecule has 2 aromatic rings. The highest BCUT2D eigenvalue weighted by atomic mass is 127. The summed E-state index contributed by atoms with van der Waals surface area (Å²) in [4.78, 5) is 18.0. The number of hydrogen-bond donors (Lipinski definition) is 2. The molecule has 1 aliphatic heterocycles. The Morgan fingerprint density at radius 2 is 1.90 bits per heavy atom. The highest BCUT2D eigenvalue weighted by Crippen LogP contribution is 2.15. The van der Waals surface area contributed by atoms with Gasteiger partial charge >= 0.3 is 0 Å². The van der Waals surface area contributed by atoms with Crippen molar-refractivity contribution in [2.24, 2.45) is 4.99 Å². The van der Waals surface area contributed by atoms with Gasteiger partial charge in [0.2, 0.25) is 5.91 Å². The monoisotopic (exact) mass is 522 g/mol. The van der Waals surface area contributed by atoms with E-state index in [0.29, 0.717) is 26.1 Å². The zero-order valence-corrected chi connectivity index (χ0v) is 19.8. The Labute approximate surface area is 196 Å². The van der Waals surface area contributed by atoms with E-state index in [9.17, 15) is 4.79 Å². The number of carbonyl (C=O) groups is 1. The van der Waals surface area contributed by atoms with E-state index in [1.807, 2.05) is 41.3 Å². The Hall–Kier alpha value is -2.29. The standard InChI is InChI=1S/C23H30N4O2.HI/c1-24-23(25-13-7-15-29-21-10-3-2-4-11-21)26-17-19-8-5-9-20(16-19)18-27-14-6-12-22(27)28;/h2-5,8-11,16H,6-7,12-15,17-18H2,1H3,(H2,24,25,26);1H. The van der Waals surface area contributed by atoms with Gasteiger partial charge in [0.1, 0.15) is 5.75 Å². The Balaban J connectivity index is 0.00000320. The number of para-hydroxylation sites is 1. The second kappa shape index (κ2) is 13.1. The highest BCUT2D eigenvalue weighted by Gasteiger charge is 2.19. The van der Waals surface area contributed by atoms with Crippen LogP contribution in [0.15, 0.2) is 59.6 Å². The van der Waals surface area contributed by atoms with Gasteiger partial charge in [0, 0.05) is 39.6 Å². The van der Waals surface area contributed by atoms with E-state index in [-0.39, 0.29) is 29.9 Å². The van der Waals surface area contributed by atoms with Gasteiger partial charge in [-0.25, -0.2) is 0 Å². The van der Waals surface area contributed by atoms with E-state index in [0.717, 1.165) is 37.6 Å². The maximum atomic E-state index is 11.8. The Morgan fingerprint density at radius 3 is 2.63 bits per heavy atom. The van der Waals surface area contributed by atoms with Crippen molar-refractivity contribution in [1.82, 2.24) is 15.5 Å². The molecule has 1 heterocycles. The summed E-state index contributed by atoms with van der Waals surface area (Å²) in [5.74, 6) is 1.92. The first-order valence-corrected chi connectivity index (χ1v) is 10.2. The molecular formula is C23H31IN4O2. The molecule has 7 heteroatoms. The molecule has 1 fully saturated rings.